The van der Waals surface area contributed by atoms with Crippen molar-refractivity contribution in [3.8, 4) is 22.8 Å². The number of methoxy groups -OCH3 is 2. The fourth-order valence-corrected chi connectivity index (χ4v) is 2.55. The van der Waals surface area contributed by atoms with Crippen LogP contribution in [-0.2, 0) is 11.3 Å². The molecule has 0 unspecified atom stereocenters. The molecule has 0 spiro atoms. The first-order chi connectivity index (χ1) is 12.5. The van der Waals surface area contributed by atoms with Crippen molar-refractivity contribution < 1.29 is 18.8 Å². The van der Waals surface area contributed by atoms with Crippen molar-refractivity contribution in [2.24, 2.45) is 0 Å². The van der Waals surface area contributed by atoms with Crippen LogP contribution in [-0.4, -0.2) is 62.3 Å². The van der Waals surface area contributed by atoms with E-state index in [1.807, 2.05) is 50.2 Å². The van der Waals surface area contributed by atoms with Crippen LogP contribution in [0.25, 0.3) is 11.3 Å². The van der Waals surface area contributed by atoms with Gasteiger partial charge in [0.05, 0.1) is 26.3 Å². The zero-order valence-electron chi connectivity index (χ0n) is 16.1. The Balaban J connectivity index is 2.21. The van der Waals surface area contributed by atoms with Crippen molar-refractivity contribution in [1.29, 1.82) is 0 Å². The average molecular weight is 361 g/mol. The van der Waals surface area contributed by atoms with E-state index in [-0.39, 0.29) is 5.91 Å². The predicted molar refractivity (Wildman–Crippen MR) is 99.3 cm³/mol. The number of carbonyl (C=O) groups excluding carboxylic acids is 1. The highest BCUT2D eigenvalue weighted by molar-refractivity contribution is 5.76. The minimum atomic E-state index is 0.0929. The molecule has 0 atom stereocenters. The van der Waals surface area contributed by atoms with Gasteiger partial charge in [-0.2, -0.15) is 0 Å². The van der Waals surface area contributed by atoms with Gasteiger partial charge >= 0.3 is 0 Å². The number of hydrogen-bond acceptors (Lipinski definition) is 6. The molecule has 0 saturated heterocycles. The van der Waals surface area contributed by atoms with E-state index in [1.165, 1.54) is 0 Å². The summed E-state index contributed by atoms with van der Waals surface area (Å²) in [4.78, 5) is 16.0. The number of hydrogen-bond donors (Lipinski definition) is 0. The van der Waals surface area contributed by atoms with Gasteiger partial charge in [0, 0.05) is 25.6 Å². The Morgan fingerprint density at radius 2 is 1.92 bits per heavy atom. The van der Waals surface area contributed by atoms with Crippen molar-refractivity contribution >= 4 is 5.91 Å². The molecule has 0 N–H and O–H groups in total. The quantitative estimate of drug-likeness (QED) is 0.684. The summed E-state index contributed by atoms with van der Waals surface area (Å²) in [5.41, 5.74) is 1.46. The highest BCUT2D eigenvalue weighted by Crippen LogP contribution is 2.33. The molecule has 0 aliphatic heterocycles. The van der Waals surface area contributed by atoms with Gasteiger partial charge in [0.15, 0.2) is 5.76 Å². The van der Waals surface area contributed by atoms with Crippen LogP contribution < -0.4 is 9.47 Å². The lowest BCUT2D eigenvalue weighted by atomic mass is 10.1. The van der Waals surface area contributed by atoms with Crippen LogP contribution in [0.3, 0.4) is 0 Å². The Kier molecular flexibility index (Phi) is 7.03. The molecule has 2 aromatic rings. The van der Waals surface area contributed by atoms with Gasteiger partial charge in [-0.1, -0.05) is 12.1 Å². The van der Waals surface area contributed by atoms with Crippen molar-refractivity contribution in [3.63, 3.8) is 0 Å². The summed E-state index contributed by atoms with van der Waals surface area (Å²) in [7, 11) is 7.18. The summed E-state index contributed by atoms with van der Waals surface area (Å²) in [5.74, 6) is 2.04. The third-order valence-electron chi connectivity index (χ3n) is 4.06. The van der Waals surface area contributed by atoms with Gasteiger partial charge in [-0.05, 0) is 32.3 Å². The molecule has 1 amide bonds. The van der Waals surface area contributed by atoms with Crippen LogP contribution in [0.4, 0.5) is 0 Å². The zero-order valence-corrected chi connectivity index (χ0v) is 16.1. The maximum atomic E-state index is 12.2. The fraction of sp³-hybridized carbons (Fsp3) is 0.474. The van der Waals surface area contributed by atoms with Gasteiger partial charge in [-0.25, -0.2) is 0 Å². The molecule has 0 bridgehead atoms. The maximum absolute atomic E-state index is 12.2. The van der Waals surface area contributed by atoms with Gasteiger partial charge < -0.3 is 23.8 Å². The maximum Gasteiger partial charge on any atom is 0.222 e. The van der Waals surface area contributed by atoms with Crippen LogP contribution >= 0.6 is 0 Å². The van der Waals surface area contributed by atoms with Gasteiger partial charge in [0.25, 0.3) is 0 Å². The molecule has 142 valence electrons. The Labute approximate surface area is 154 Å². The fourth-order valence-electron chi connectivity index (χ4n) is 2.55. The molecular weight excluding hydrogens is 334 g/mol. The second kappa shape index (κ2) is 9.24. The second-order valence-corrected chi connectivity index (χ2v) is 6.22. The number of carbonyl (C=O) groups is 1. The molecule has 0 radical (unpaired) electrons. The third kappa shape index (κ3) is 4.98. The Morgan fingerprint density at radius 3 is 2.54 bits per heavy atom. The number of rotatable bonds is 9. The van der Waals surface area contributed by atoms with Crippen molar-refractivity contribution in [1.82, 2.24) is 15.0 Å². The molecule has 1 aromatic carbocycles. The van der Waals surface area contributed by atoms with E-state index in [2.05, 4.69) is 5.16 Å². The van der Waals surface area contributed by atoms with E-state index in [1.54, 1.807) is 19.1 Å². The molecular formula is C19H27N3O4. The minimum absolute atomic E-state index is 0.0929. The van der Waals surface area contributed by atoms with E-state index in [0.717, 1.165) is 12.1 Å². The Hall–Kier alpha value is -2.54. The van der Waals surface area contributed by atoms with Crippen molar-refractivity contribution in [2.75, 3.05) is 41.4 Å². The highest BCUT2D eigenvalue weighted by Gasteiger charge is 2.17. The summed E-state index contributed by atoms with van der Waals surface area (Å²) >= 11 is 0. The number of amides is 1. The first kappa shape index (κ1) is 19.8. The van der Waals surface area contributed by atoms with Crippen molar-refractivity contribution in [2.45, 2.75) is 19.9 Å². The average Bonchev–Trinajstić information content (AvgIpc) is 3.12. The Bertz CT molecular complexity index is 727. The molecule has 0 aliphatic rings. The van der Waals surface area contributed by atoms with Gasteiger partial charge in [0.2, 0.25) is 5.91 Å². The summed E-state index contributed by atoms with van der Waals surface area (Å²) < 4.78 is 16.2. The van der Waals surface area contributed by atoms with E-state index >= 15 is 0 Å². The predicted octanol–water partition coefficient (Wildman–Crippen LogP) is 2.66. The van der Waals surface area contributed by atoms with Crippen LogP contribution in [0, 0.1) is 0 Å². The molecule has 1 heterocycles. The third-order valence-corrected chi connectivity index (χ3v) is 4.06. The summed E-state index contributed by atoms with van der Waals surface area (Å²) in [6.07, 6.45) is 0.460. The summed E-state index contributed by atoms with van der Waals surface area (Å²) in [6, 6.07) is 7.32. The van der Waals surface area contributed by atoms with Gasteiger partial charge in [-0.15, -0.1) is 0 Å². The largest absolute Gasteiger partial charge is 0.497 e. The highest BCUT2D eigenvalue weighted by atomic mass is 16.5. The van der Waals surface area contributed by atoms with E-state index in [9.17, 15) is 4.79 Å². The van der Waals surface area contributed by atoms with Crippen LogP contribution in [0.15, 0.2) is 28.8 Å². The molecule has 0 saturated carbocycles. The molecule has 0 fully saturated rings. The monoisotopic (exact) mass is 361 g/mol. The molecule has 1 aromatic heterocycles. The number of benzene rings is 1. The van der Waals surface area contributed by atoms with Crippen LogP contribution in [0.2, 0.25) is 0 Å². The second-order valence-electron chi connectivity index (χ2n) is 6.22. The Morgan fingerprint density at radius 1 is 1.15 bits per heavy atom. The van der Waals surface area contributed by atoms with E-state index in [4.69, 9.17) is 14.0 Å². The van der Waals surface area contributed by atoms with Gasteiger partial charge in [-0.3, -0.25) is 4.79 Å². The number of aromatic nitrogens is 1. The lowest BCUT2D eigenvalue weighted by Crippen LogP contribution is -2.35. The molecule has 0 aliphatic carbocycles. The minimum Gasteiger partial charge on any atom is -0.497 e. The van der Waals surface area contributed by atoms with E-state index < -0.39 is 0 Å². The van der Waals surface area contributed by atoms with Crippen LogP contribution in [0.1, 0.15) is 19.0 Å². The molecule has 26 heavy (non-hydrogen) atoms. The van der Waals surface area contributed by atoms with Crippen molar-refractivity contribution in [3.05, 3.63) is 30.0 Å². The standard InChI is InChI=1S/C19H27N3O4/c1-6-19(23)22(10-9-21(2)3)13-14-11-18(26-20-14)16-12-15(24-4)7-8-17(16)25-5/h7-8,11-12H,6,9-10,13H2,1-5H3. The summed E-state index contributed by atoms with van der Waals surface area (Å²) in [6.45, 7) is 3.71. The lowest BCUT2D eigenvalue weighted by Gasteiger charge is -2.22. The SMILES string of the molecule is CCC(=O)N(CCN(C)C)Cc1cc(-c2cc(OC)ccc2OC)on1. The first-order valence-electron chi connectivity index (χ1n) is 8.59. The number of nitrogens with zero attached hydrogens (tertiary/aromatic N) is 3. The number of likely N-dealkylation sites (N-methyl/N-ethyl adjacent to an activating group) is 1. The summed E-state index contributed by atoms with van der Waals surface area (Å²) in [5, 5.41) is 4.13. The molecule has 7 nitrogen and oxygen atoms in total. The lowest BCUT2D eigenvalue weighted by molar-refractivity contribution is -0.131. The molecule has 2 rings (SSSR count). The molecule has 7 heteroatoms. The normalized spacial score (nSPS) is 10.8. The number of ether oxygens (including phenoxy) is 2. The zero-order chi connectivity index (χ0) is 19.1. The van der Waals surface area contributed by atoms with Gasteiger partial charge in [0.1, 0.15) is 17.2 Å². The first-order valence-corrected chi connectivity index (χ1v) is 8.59. The topological polar surface area (TPSA) is 68.0 Å². The van der Waals surface area contributed by atoms with Crippen LogP contribution in [0.5, 0.6) is 11.5 Å². The smallest absolute Gasteiger partial charge is 0.222 e. The van der Waals surface area contributed by atoms with E-state index in [0.29, 0.717) is 42.5 Å².